The molecule has 0 aliphatic rings. The number of ether oxygens (including phenoxy) is 3. The topological polar surface area (TPSA) is 231 Å². The SMILES string of the molecule is CC/C=C\C/C=C\C/C=C\CCCCCCCCCC(=O)OCC(COP(=O)(O)OCC(O)COP(=O)(O)OCC(O)COC(=O)CCCCCCC/C=C\C/C=C\C/C=C\C/C=C\CCCCC)OC(=O)CCCCCCCCCCCCC. The summed E-state index contributed by atoms with van der Waals surface area (Å²) in [4.78, 5) is 58.2. The van der Waals surface area contributed by atoms with Crippen molar-refractivity contribution in [2.24, 2.45) is 0 Å². The zero-order valence-electron chi connectivity index (χ0n) is 53.0. The molecule has 4 N–H and O–H groups in total. The third kappa shape index (κ3) is 62.1. The quantitative estimate of drug-likeness (QED) is 0.0146. The molecule has 5 atom stereocenters. The smallest absolute Gasteiger partial charge is 0.463 e. The summed E-state index contributed by atoms with van der Waals surface area (Å²) in [5.41, 5.74) is 0. The van der Waals surface area contributed by atoms with Crippen molar-refractivity contribution in [1.82, 2.24) is 0 Å². The van der Waals surface area contributed by atoms with E-state index in [1.807, 2.05) is 0 Å². The number of unbranched alkanes of at least 4 members (excludes halogenated alkanes) is 25. The molecule has 0 amide bonds. The second-order valence-electron chi connectivity index (χ2n) is 21.9. The van der Waals surface area contributed by atoms with Crippen LogP contribution in [0.5, 0.6) is 0 Å². The van der Waals surface area contributed by atoms with Crippen LogP contribution in [-0.2, 0) is 55.8 Å². The van der Waals surface area contributed by atoms with Gasteiger partial charge in [-0.25, -0.2) is 9.13 Å². The number of allylic oxidation sites excluding steroid dienone is 14. The molecule has 0 rings (SSSR count). The Labute approximate surface area is 515 Å². The van der Waals surface area contributed by atoms with Crippen LogP contribution >= 0.6 is 15.6 Å². The Bertz CT molecular complexity index is 1900. The molecule has 0 radical (unpaired) electrons. The fraction of sp³-hybridized carbons (Fsp3) is 0.746. The molecular weight excluding hydrogens is 1120 g/mol. The Morgan fingerprint density at radius 2 is 0.624 bits per heavy atom. The van der Waals surface area contributed by atoms with Crippen LogP contribution in [0.3, 0.4) is 0 Å². The van der Waals surface area contributed by atoms with Gasteiger partial charge in [0.25, 0.3) is 0 Å². The second-order valence-corrected chi connectivity index (χ2v) is 24.8. The molecule has 0 saturated carbocycles. The molecule has 0 aromatic rings. The van der Waals surface area contributed by atoms with Crippen LogP contribution in [0.15, 0.2) is 85.1 Å². The Balaban J connectivity index is 4.60. The lowest BCUT2D eigenvalue weighted by molar-refractivity contribution is -0.161. The Morgan fingerprint density at radius 1 is 0.341 bits per heavy atom. The van der Waals surface area contributed by atoms with Gasteiger partial charge >= 0.3 is 33.6 Å². The van der Waals surface area contributed by atoms with Crippen molar-refractivity contribution in [1.29, 1.82) is 0 Å². The number of hydrogen-bond donors (Lipinski definition) is 4. The Hall–Kier alpha value is -3.27. The normalized spacial score (nSPS) is 14.9. The van der Waals surface area contributed by atoms with Gasteiger partial charge in [-0.1, -0.05) is 234 Å². The predicted octanol–water partition coefficient (Wildman–Crippen LogP) is 17.8. The summed E-state index contributed by atoms with van der Waals surface area (Å²) in [6.07, 6.45) is 63.6. The van der Waals surface area contributed by atoms with E-state index in [2.05, 4.69) is 106 Å². The molecule has 18 heteroatoms. The minimum absolute atomic E-state index is 0.104. The number of carbonyl (C=O) groups is 3. The Morgan fingerprint density at radius 3 is 1.01 bits per heavy atom. The van der Waals surface area contributed by atoms with E-state index in [0.717, 1.165) is 141 Å². The van der Waals surface area contributed by atoms with Gasteiger partial charge in [0, 0.05) is 19.3 Å². The summed E-state index contributed by atoms with van der Waals surface area (Å²) in [6.45, 7) is 2.49. The largest absolute Gasteiger partial charge is 0.472 e. The van der Waals surface area contributed by atoms with E-state index in [9.17, 15) is 43.5 Å². The molecule has 492 valence electrons. The summed E-state index contributed by atoms with van der Waals surface area (Å²) in [5, 5.41) is 20.5. The van der Waals surface area contributed by atoms with Crippen molar-refractivity contribution in [3.05, 3.63) is 85.1 Å². The van der Waals surface area contributed by atoms with E-state index in [0.29, 0.717) is 19.3 Å². The number of aliphatic hydroxyl groups is 2. The first-order valence-electron chi connectivity index (χ1n) is 32.9. The van der Waals surface area contributed by atoms with E-state index in [-0.39, 0.29) is 19.3 Å². The third-order valence-electron chi connectivity index (χ3n) is 13.6. The maximum Gasteiger partial charge on any atom is 0.472 e. The van der Waals surface area contributed by atoms with Gasteiger partial charge in [-0.15, -0.1) is 0 Å². The van der Waals surface area contributed by atoms with Crippen molar-refractivity contribution in [3.8, 4) is 0 Å². The molecule has 0 fully saturated rings. The molecular formula is C67H118O16P2. The molecule has 0 aliphatic carbocycles. The van der Waals surface area contributed by atoms with Gasteiger partial charge in [-0.3, -0.25) is 32.5 Å². The van der Waals surface area contributed by atoms with Gasteiger partial charge in [-0.2, -0.15) is 0 Å². The summed E-state index contributed by atoms with van der Waals surface area (Å²) in [5.74, 6) is -1.60. The van der Waals surface area contributed by atoms with Crippen molar-refractivity contribution < 1.29 is 75.8 Å². The number of carbonyl (C=O) groups excluding carboxylic acids is 3. The van der Waals surface area contributed by atoms with Crippen molar-refractivity contribution in [2.45, 2.75) is 283 Å². The maximum absolute atomic E-state index is 12.9. The first-order valence-corrected chi connectivity index (χ1v) is 35.9. The van der Waals surface area contributed by atoms with Crippen LogP contribution in [0.25, 0.3) is 0 Å². The first-order chi connectivity index (χ1) is 41.2. The molecule has 0 aromatic carbocycles. The van der Waals surface area contributed by atoms with Gasteiger partial charge in [0.05, 0.1) is 26.4 Å². The van der Waals surface area contributed by atoms with Crippen LogP contribution in [0.2, 0.25) is 0 Å². The lowest BCUT2D eigenvalue weighted by Gasteiger charge is -2.21. The Kier molecular flexibility index (Phi) is 58.6. The number of aliphatic hydroxyl groups excluding tert-OH is 2. The first kappa shape index (κ1) is 81.7. The molecule has 0 aromatic heterocycles. The minimum Gasteiger partial charge on any atom is -0.463 e. The average molecular weight is 1240 g/mol. The highest BCUT2D eigenvalue weighted by Crippen LogP contribution is 2.45. The summed E-state index contributed by atoms with van der Waals surface area (Å²) >= 11 is 0. The van der Waals surface area contributed by atoms with Crippen molar-refractivity contribution in [2.75, 3.05) is 39.6 Å². The number of esters is 3. The van der Waals surface area contributed by atoms with Crippen molar-refractivity contribution in [3.63, 3.8) is 0 Å². The van der Waals surface area contributed by atoms with Gasteiger partial charge in [0.1, 0.15) is 25.4 Å². The van der Waals surface area contributed by atoms with Crippen LogP contribution in [0.4, 0.5) is 0 Å². The summed E-state index contributed by atoms with van der Waals surface area (Å²) in [7, 11) is -9.77. The van der Waals surface area contributed by atoms with E-state index >= 15 is 0 Å². The zero-order chi connectivity index (χ0) is 62.4. The lowest BCUT2D eigenvalue weighted by Crippen LogP contribution is -2.30. The van der Waals surface area contributed by atoms with E-state index < -0.39 is 91.5 Å². The van der Waals surface area contributed by atoms with E-state index in [1.165, 1.54) is 64.2 Å². The molecule has 85 heavy (non-hydrogen) atoms. The van der Waals surface area contributed by atoms with Gasteiger partial charge in [-0.05, 0) is 96.3 Å². The monoisotopic (exact) mass is 1240 g/mol. The van der Waals surface area contributed by atoms with Crippen LogP contribution in [-0.4, -0.2) is 95.9 Å². The molecule has 0 aliphatic heterocycles. The van der Waals surface area contributed by atoms with E-state index in [1.54, 1.807) is 0 Å². The molecule has 5 unspecified atom stereocenters. The van der Waals surface area contributed by atoms with Crippen LogP contribution in [0, 0.1) is 0 Å². The zero-order valence-corrected chi connectivity index (χ0v) is 54.8. The maximum atomic E-state index is 12.9. The van der Waals surface area contributed by atoms with Gasteiger partial charge < -0.3 is 34.2 Å². The summed E-state index contributed by atoms with van der Waals surface area (Å²) in [6, 6.07) is 0. The molecule has 0 heterocycles. The lowest BCUT2D eigenvalue weighted by atomic mass is 10.1. The average Bonchev–Trinajstić information content (AvgIpc) is 3.60. The van der Waals surface area contributed by atoms with Gasteiger partial charge in [0.15, 0.2) is 6.10 Å². The molecule has 0 saturated heterocycles. The number of hydrogen-bond acceptors (Lipinski definition) is 14. The minimum atomic E-state index is -4.92. The van der Waals surface area contributed by atoms with Crippen LogP contribution in [0.1, 0.15) is 265 Å². The predicted molar refractivity (Wildman–Crippen MR) is 344 cm³/mol. The highest BCUT2D eigenvalue weighted by molar-refractivity contribution is 7.47. The fourth-order valence-corrected chi connectivity index (χ4v) is 10.2. The number of phosphoric acid groups is 2. The van der Waals surface area contributed by atoms with Gasteiger partial charge in [0.2, 0.25) is 0 Å². The molecule has 0 spiro atoms. The van der Waals surface area contributed by atoms with Crippen LogP contribution < -0.4 is 0 Å². The number of rotatable bonds is 62. The van der Waals surface area contributed by atoms with Crippen molar-refractivity contribution >= 4 is 33.6 Å². The standard InChI is InChI=1S/C67H118O16P2/c1-4-7-10-13-16-19-22-24-26-28-29-30-31-33-35-36-39-41-44-47-50-53-65(70)77-56-62(68)57-79-84(73,74)80-58-63(69)59-81-85(75,76)82-61-64(83-67(72)55-52-49-46-43-38-21-18-15-12-9-6-3)60-78-66(71)54-51-48-45-42-40-37-34-32-27-25-23-20-17-14-11-8-5-2/h8,11,16-17,19-20,24-27,29-30,33,35,62-64,68-69H,4-7,9-10,12-15,18,21-23,28,31-32,34,36-61H2,1-3H3,(H,73,74)(H,75,76)/b11-8-,19-16-,20-17-,26-24-,27-25-,30-29-,35-33-. The highest BCUT2D eigenvalue weighted by atomic mass is 31.2. The summed E-state index contributed by atoms with van der Waals surface area (Å²) < 4.78 is 60.7. The van der Waals surface area contributed by atoms with E-state index in [4.69, 9.17) is 32.3 Å². The molecule has 0 bridgehead atoms. The fourth-order valence-electron chi connectivity index (χ4n) is 8.57. The molecule has 16 nitrogen and oxygen atoms in total. The highest BCUT2D eigenvalue weighted by Gasteiger charge is 2.29. The number of phosphoric ester groups is 2. The third-order valence-corrected chi connectivity index (χ3v) is 15.5. The second kappa shape index (κ2) is 61.0.